The van der Waals surface area contributed by atoms with Gasteiger partial charge in [-0.05, 0) is 0 Å². The van der Waals surface area contributed by atoms with E-state index in [9.17, 15) is 13.6 Å². The summed E-state index contributed by atoms with van der Waals surface area (Å²) in [5.74, 6) is -1.87. The fourth-order valence-electron chi connectivity index (χ4n) is 2.40. The van der Waals surface area contributed by atoms with Crippen molar-refractivity contribution in [3.63, 3.8) is 0 Å². The molecule has 3 rings (SSSR count). The molecule has 8 heteroatoms. The van der Waals surface area contributed by atoms with Gasteiger partial charge in [0.1, 0.15) is 5.52 Å². The van der Waals surface area contributed by atoms with Crippen LogP contribution in [0.3, 0.4) is 0 Å². The molecule has 1 saturated heterocycles. The molecule has 1 fully saturated rings. The first-order valence-electron chi connectivity index (χ1n) is 6.82. The maximum atomic E-state index is 13.3. The van der Waals surface area contributed by atoms with Crippen LogP contribution < -0.4 is 5.32 Å². The molecule has 0 saturated carbocycles. The Kier molecular flexibility index (Phi) is 3.78. The molecular formula is C13H15F2N5O. The molecular weight excluding hydrogens is 280 g/mol. The largest absolute Gasteiger partial charge is 0.340 e. The summed E-state index contributed by atoms with van der Waals surface area (Å²) in [6, 6.07) is 2.06. The number of piperazine rings is 1. The van der Waals surface area contributed by atoms with Crippen molar-refractivity contribution >= 4 is 16.9 Å². The summed E-state index contributed by atoms with van der Waals surface area (Å²) >= 11 is 0. The monoisotopic (exact) mass is 295 g/mol. The Hall–Kier alpha value is -2.09. The van der Waals surface area contributed by atoms with Crippen LogP contribution >= 0.6 is 0 Å². The maximum absolute atomic E-state index is 13.3. The maximum Gasteiger partial charge on any atom is 0.224 e. The van der Waals surface area contributed by atoms with Crippen LogP contribution in [0.25, 0.3) is 11.0 Å². The van der Waals surface area contributed by atoms with Crippen LogP contribution in [0.1, 0.15) is 6.42 Å². The lowest BCUT2D eigenvalue weighted by molar-refractivity contribution is -0.132. The van der Waals surface area contributed by atoms with Gasteiger partial charge in [-0.15, -0.1) is 5.10 Å². The molecule has 21 heavy (non-hydrogen) atoms. The van der Waals surface area contributed by atoms with Gasteiger partial charge in [0.25, 0.3) is 0 Å². The van der Waals surface area contributed by atoms with Gasteiger partial charge in [0.15, 0.2) is 11.6 Å². The lowest BCUT2D eigenvalue weighted by Crippen LogP contribution is -2.46. The van der Waals surface area contributed by atoms with E-state index in [1.807, 2.05) is 0 Å². The third-order valence-electron chi connectivity index (χ3n) is 3.56. The Bertz CT molecular complexity index is 666. The summed E-state index contributed by atoms with van der Waals surface area (Å²) in [6.45, 7) is 3.27. The molecule has 0 unspecified atom stereocenters. The molecule has 1 aliphatic rings. The van der Waals surface area contributed by atoms with Crippen molar-refractivity contribution in [2.75, 3.05) is 26.2 Å². The van der Waals surface area contributed by atoms with Gasteiger partial charge >= 0.3 is 0 Å². The lowest BCUT2D eigenvalue weighted by Gasteiger charge is -2.27. The molecule has 0 aliphatic carbocycles. The van der Waals surface area contributed by atoms with Crippen molar-refractivity contribution in [1.29, 1.82) is 0 Å². The second kappa shape index (κ2) is 5.72. The first-order valence-corrected chi connectivity index (χ1v) is 6.82. The summed E-state index contributed by atoms with van der Waals surface area (Å²) < 4.78 is 27.8. The van der Waals surface area contributed by atoms with Crippen molar-refractivity contribution in [3.05, 3.63) is 23.8 Å². The number of nitrogens with zero attached hydrogens (tertiary/aromatic N) is 4. The Morgan fingerprint density at radius 3 is 2.71 bits per heavy atom. The van der Waals surface area contributed by atoms with E-state index in [0.29, 0.717) is 25.2 Å². The van der Waals surface area contributed by atoms with Crippen LogP contribution in [0.15, 0.2) is 12.1 Å². The number of nitrogens with one attached hydrogen (secondary N) is 1. The predicted molar refractivity (Wildman–Crippen MR) is 71.5 cm³/mol. The van der Waals surface area contributed by atoms with Gasteiger partial charge in [-0.2, -0.15) is 0 Å². The number of hydrogen-bond acceptors (Lipinski definition) is 4. The number of rotatable bonds is 3. The molecule has 1 aromatic heterocycles. The van der Waals surface area contributed by atoms with Gasteiger partial charge in [0.2, 0.25) is 5.91 Å². The summed E-state index contributed by atoms with van der Waals surface area (Å²) in [7, 11) is 0. The smallest absolute Gasteiger partial charge is 0.224 e. The van der Waals surface area contributed by atoms with Gasteiger partial charge in [0, 0.05) is 44.7 Å². The molecule has 0 bridgehead atoms. The molecule has 6 nitrogen and oxygen atoms in total. The molecule has 1 N–H and O–H groups in total. The van der Waals surface area contributed by atoms with Crippen LogP contribution in [0.5, 0.6) is 0 Å². The van der Waals surface area contributed by atoms with Crippen molar-refractivity contribution in [3.8, 4) is 0 Å². The predicted octanol–water partition coefficient (Wildman–Crippen LogP) is 0.531. The quantitative estimate of drug-likeness (QED) is 0.897. The van der Waals surface area contributed by atoms with Gasteiger partial charge in [-0.25, -0.2) is 13.5 Å². The molecule has 1 aliphatic heterocycles. The van der Waals surface area contributed by atoms with E-state index < -0.39 is 11.6 Å². The summed E-state index contributed by atoms with van der Waals surface area (Å²) in [4.78, 5) is 13.8. The van der Waals surface area contributed by atoms with E-state index in [-0.39, 0.29) is 17.8 Å². The normalized spacial score (nSPS) is 15.6. The number of amides is 1. The number of halogens is 2. The molecule has 0 spiro atoms. The van der Waals surface area contributed by atoms with Crippen molar-refractivity contribution in [2.45, 2.75) is 13.0 Å². The first kappa shape index (κ1) is 13.9. The van der Waals surface area contributed by atoms with Crippen molar-refractivity contribution < 1.29 is 13.6 Å². The summed E-state index contributed by atoms with van der Waals surface area (Å²) in [5, 5.41) is 10.8. The standard InChI is InChI=1S/C13H15F2N5O/c14-9-7-11-12(8-10(9)15)20(18-17-11)4-1-13(21)19-5-2-16-3-6-19/h7-8,16H,1-6H2. The minimum Gasteiger partial charge on any atom is -0.340 e. The minimum absolute atomic E-state index is 0.0303. The Morgan fingerprint density at radius 1 is 1.24 bits per heavy atom. The van der Waals surface area contributed by atoms with Crippen LogP contribution in [0.2, 0.25) is 0 Å². The zero-order chi connectivity index (χ0) is 14.8. The summed E-state index contributed by atoms with van der Waals surface area (Å²) in [6.07, 6.45) is 0.261. The zero-order valence-electron chi connectivity index (χ0n) is 11.4. The molecule has 2 aromatic rings. The van der Waals surface area contributed by atoms with Gasteiger partial charge in [-0.3, -0.25) is 4.79 Å². The van der Waals surface area contributed by atoms with Gasteiger partial charge in [-0.1, -0.05) is 5.21 Å². The third-order valence-corrected chi connectivity index (χ3v) is 3.56. The van der Waals surface area contributed by atoms with Gasteiger partial charge < -0.3 is 10.2 Å². The van der Waals surface area contributed by atoms with E-state index in [1.165, 1.54) is 4.68 Å². The highest BCUT2D eigenvalue weighted by Gasteiger charge is 2.17. The van der Waals surface area contributed by atoms with E-state index >= 15 is 0 Å². The number of benzene rings is 1. The summed E-state index contributed by atoms with van der Waals surface area (Å²) in [5.41, 5.74) is 0.672. The first-order chi connectivity index (χ1) is 10.1. The third kappa shape index (κ3) is 2.85. The average molecular weight is 295 g/mol. The highest BCUT2D eigenvalue weighted by atomic mass is 19.2. The van der Waals surface area contributed by atoms with Crippen LogP contribution in [-0.4, -0.2) is 52.0 Å². The Balaban J connectivity index is 1.70. The van der Waals surface area contributed by atoms with Crippen LogP contribution in [0.4, 0.5) is 8.78 Å². The molecule has 112 valence electrons. The fraction of sp³-hybridized carbons (Fsp3) is 0.462. The van der Waals surface area contributed by atoms with Crippen LogP contribution in [0, 0.1) is 11.6 Å². The van der Waals surface area contributed by atoms with E-state index in [0.717, 1.165) is 25.2 Å². The SMILES string of the molecule is O=C(CCn1nnc2cc(F)c(F)cc21)N1CCNCC1. The van der Waals surface area contributed by atoms with Crippen molar-refractivity contribution in [1.82, 2.24) is 25.2 Å². The van der Waals surface area contributed by atoms with Crippen molar-refractivity contribution in [2.24, 2.45) is 0 Å². The number of aromatic nitrogens is 3. The lowest BCUT2D eigenvalue weighted by atomic mass is 10.2. The Morgan fingerprint density at radius 2 is 1.95 bits per heavy atom. The van der Waals surface area contributed by atoms with Gasteiger partial charge in [0.05, 0.1) is 12.1 Å². The molecule has 1 aromatic carbocycles. The number of hydrogen-bond donors (Lipinski definition) is 1. The Labute approximate surface area is 119 Å². The molecule has 2 heterocycles. The second-order valence-electron chi connectivity index (χ2n) is 4.95. The zero-order valence-corrected chi connectivity index (χ0v) is 11.4. The number of aryl methyl sites for hydroxylation is 1. The minimum atomic E-state index is -0.952. The number of fused-ring (bicyclic) bond motifs is 1. The highest BCUT2D eigenvalue weighted by Crippen LogP contribution is 2.16. The molecule has 1 amide bonds. The van der Waals surface area contributed by atoms with E-state index in [4.69, 9.17) is 0 Å². The fourth-order valence-corrected chi connectivity index (χ4v) is 2.40. The average Bonchev–Trinajstić information content (AvgIpc) is 2.88. The number of carbonyl (C=O) groups is 1. The second-order valence-corrected chi connectivity index (χ2v) is 4.95. The number of carbonyl (C=O) groups excluding carboxylic acids is 1. The van der Waals surface area contributed by atoms with E-state index in [2.05, 4.69) is 15.6 Å². The molecule has 0 atom stereocenters. The topological polar surface area (TPSA) is 63.1 Å². The molecule has 0 radical (unpaired) electrons. The van der Waals surface area contributed by atoms with Crippen LogP contribution in [-0.2, 0) is 11.3 Å². The highest BCUT2D eigenvalue weighted by molar-refractivity contribution is 5.77. The van der Waals surface area contributed by atoms with E-state index in [1.54, 1.807) is 4.90 Å².